The van der Waals surface area contributed by atoms with Crippen LogP contribution in [0.15, 0.2) is 12.7 Å². The Labute approximate surface area is 208 Å². The molecule has 2 fully saturated rings. The summed E-state index contributed by atoms with van der Waals surface area (Å²) in [6.07, 6.45) is -12.2. The third-order valence-electron chi connectivity index (χ3n) is 5.48. The monoisotopic (exact) mass is 515 g/mol. The summed E-state index contributed by atoms with van der Waals surface area (Å²) in [5, 5.41) is 59.3. The standard InChI is InChI=1S/C16H24N5O12P.Li/c17-13-7-14(19-3-18-13)21(4-20-7)15-11(26)9(24)6(31-15)2-30-34(28,29)33-16-12(27)10(25)8(23)5(1-22)32-16;/h3-6,8-12,15-16,22-27H,1-2H2,(H,28,29)(H2,17,18,19);/q;+1/p-1/t5-,6-,8-,9-,10+,11-,12-,15-,16-;/m1./s1. The minimum absolute atomic E-state index is 0. The molecule has 10 atom stereocenters. The van der Waals surface area contributed by atoms with Gasteiger partial charge < -0.3 is 55.3 Å². The van der Waals surface area contributed by atoms with Crippen LogP contribution in [0, 0.1) is 0 Å². The van der Waals surface area contributed by atoms with E-state index in [1.165, 1.54) is 10.9 Å². The van der Waals surface area contributed by atoms with E-state index in [2.05, 4.69) is 19.5 Å². The van der Waals surface area contributed by atoms with Crippen LogP contribution in [-0.2, 0) is 23.1 Å². The van der Waals surface area contributed by atoms with E-state index in [1.807, 2.05) is 0 Å². The Morgan fingerprint density at radius 3 is 2.40 bits per heavy atom. The molecular weight excluding hydrogens is 492 g/mol. The van der Waals surface area contributed by atoms with E-state index < -0.39 is 76.3 Å². The number of nitrogen functional groups attached to an aromatic ring is 1. The average Bonchev–Trinajstić information content (AvgIpc) is 3.35. The molecule has 4 rings (SSSR count). The van der Waals surface area contributed by atoms with E-state index in [0.717, 1.165) is 6.33 Å². The summed E-state index contributed by atoms with van der Waals surface area (Å²) in [7, 11) is -5.24. The molecule has 2 aromatic rings. The Hall–Kier alpha value is -1.26. The van der Waals surface area contributed by atoms with Crippen LogP contribution in [0.25, 0.3) is 11.2 Å². The predicted octanol–water partition coefficient (Wildman–Crippen LogP) is -7.67. The zero-order chi connectivity index (χ0) is 24.8. The van der Waals surface area contributed by atoms with Crippen molar-refractivity contribution >= 4 is 24.8 Å². The molecule has 2 aromatic heterocycles. The molecule has 2 aliphatic rings. The van der Waals surface area contributed by atoms with E-state index in [4.69, 9.17) is 24.8 Å². The van der Waals surface area contributed by atoms with Crippen molar-refractivity contribution in [2.45, 2.75) is 55.2 Å². The number of aliphatic hydroxyl groups is 6. The minimum Gasteiger partial charge on any atom is -0.756 e. The quantitative estimate of drug-likeness (QED) is 0.133. The molecule has 4 heterocycles. The first-order chi connectivity index (χ1) is 16.0. The van der Waals surface area contributed by atoms with Crippen LogP contribution in [0.4, 0.5) is 5.82 Å². The minimum atomic E-state index is -5.24. The average molecular weight is 515 g/mol. The fraction of sp³-hybridized carbons (Fsp3) is 0.688. The zero-order valence-corrected chi connectivity index (χ0v) is 19.1. The normalized spacial score (nSPS) is 37.2. The van der Waals surface area contributed by atoms with Crippen LogP contribution in [0.2, 0.25) is 0 Å². The van der Waals surface area contributed by atoms with Gasteiger partial charge in [0.2, 0.25) is 0 Å². The van der Waals surface area contributed by atoms with Crippen molar-refractivity contribution in [3.8, 4) is 0 Å². The third-order valence-corrected chi connectivity index (χ3v) is 6.41. The van der Waals surface area contributed by atoms with Gasteiger partial charge in [-0.25, -0.2) is 15.0 Å². The Morgan fingerprint density at radius 2 is 1.71 bits per heavy atom. The molecule has 35 heavy (non-hydrogen) atoms. The van der Waals surface area contributed by atoms with Crippen molar-refractivity contribution in [1.82, 2.24) is 19.5 Å². The maximum absolute atomic E-state index is 12.2. The molecule has 0 bridgehead atoms. The molecule has 1 unspecified atom stereocenters. The second-order valence-electron chi connectivity index (χ2n) is 7.67. The first-order valence-corrected chi connectivity index (χ1v) is 11.4. The van der Waals surface area contributed by atoms with Crippen molar-refractivity contribution in [3.05, 3.63) is 12.7 Å². The third kappa shape index (κ3) is 5.54. The number of nitrogens with two attached hydrogens (primary N) is 1. The Kier molecular flexibility index (Phi) is 8.90. The maximum atomic E-state index is 12.2. The number of aromatic nitrogens is 4. The van der Waals surface area contributed by atoms with E-state index in [0.29, 0.717) is 0 Å². The van der Waals surface area contributed by atoms with Crippen molar-refractivity contribution in [3.63, 3.8) is 0 Å². The first kappa shape index (κ1) is 28.3. The number of nitrogens with zero attached hydrogens (tertiary/aromatic N) is 4. The van der Waals surface area contributed by atoms with Gasteiger partial charge in [-0.05, 0) is 0 Å². The number of ether oxygens (including phenoxy) is 2. The topological polar surface area (TPSA) is 268 Å². The molecule has 0 aliphatic carbocycles. The van der Waals surface area contributed by atoms with E-state index in [9.17, 15) is 35.0 Å². The number of aliphatic hydroxyl groups excluding tert-OH is 6. The number of rotatable bonds is 7. The summed E-state index contributed by atoms with van der Waals surface area (Å²) in [6.45, 7) is -1.60. The molecule has 0 radical (unpaired) electrons. The molecule has 19 heteroatoms. The number of imidazole rings is 1. The van der Waals surface area contributed by atoms with Gasteiger partial charge in [0.25, 0.3) is 7.82 Å². The SMILES string of the molecule is Nc1ncnc2c1ncn2[C@@H]1O[C@H](COP(=O)([O-])O[C@H]2O[C@H](CO)[C@@H](O)[C@H](O)[C@H]2O)[C@@H](O)[C@H]1O.[Li+]. The van der Waals surface area contributed by atoms with Crippen LogP contribution in [0.1, 0.15) is 6.23 Å². The molecule has 190 valence electrons. The van der Waals surface area contributed by atoms with Gasteiger partial charge in [0.05, 0.1) is 19.5 Å². The summed E-state index contributed by atoms with van der Waals surface area (Å²) < 4.78 is 33.3. The number of hydrogen-bond donors (Lipinski definition) is 7. The number of fused-ring (bicyclic) bond motifs is 1. The first-order valence-electron chi connectivity index (χ1n) is 9.93. The summed E-state index contributed by atoms with van der Waals surface area (Å²) in [5.41, 5.74) is 6.15. The van der Waals surface area contributed by atoms with Gasteiger partial charge >= 0.3 is 18.9 Å². The fourth-order valence-electron chi connectivity index (χ4n) is 3.63. The van der Waals surface area contributed by atoms with Crippen LogP contribution in [0.3, 0.4) is 0 Å². The van der Waals surface area contributed by atoms with Gasteiger partial charge in [-0.3, -0.25) is 13.7 Å². The van der Waals surface area contributed by atoms with E-state index in [1.54, 1.807) is 0 Å². The van der Waals surface area contributed by atoms with Crippen LogP contribution < -0.4 is 29.5 Å². The van der Waals surface area contributed by atoms with E-state index in [-0.39, 0.29) is 35.8 Å². The number of hydrogen-bond acceptors (Lipinski definition) is 16. The number of phosphoric ester groups is 1. The molecule has 0 saturated carbocycles. The smallest absolute Gasteiger partial charge is 0.756 e. The predicted molar refractivity (Wildman–Crippen MR) is 104 cm³/mol. The summed E-state index contributed by atoms with van der Waals surface area (Å²) in [6, 6.07) is 0. The van der Waals surface area contributed by atoms with Crippen LogP contribution in [0.5, 0.6) is 0 Å². The summed E-state index contributed by atoms with van der Waals surface area (Å²) in [4.78, 5) is 24.1. The number of phosphoric acid groups is 1. The van der Waals surface area contributed by atoms with Gasteiger partial charge in [-0.1, -0.05) is 0 Å². The largest absolute Gasteiger partial charge is 1.00 e. The number of anilines is 1. The second-order valence-corrected chi connectivity index (χ2v) is 9.04. The van der Waals surface area contributed by atoms with Crippen LogP contribution in [-0.4, -0.2) is 112 Å². The Balaban J connectivity index is 0.00000342. The van der Waals surface area contributed by atoms with Gasteiger partial charge in [0, 0.05) is 0 Å². The molecule has 17 nitrogen and oxygen atoms in total. The Morgan fingerprint density at radius 1 is 1.03 bits per heavy atom. The second kappa shape index (κ2) is 11.0. The summed E-state index contributed by atoms with van der Waals surface area (Å²) in [5.74, 6) is 0.0781. The van der Waals surface area contributed by atoms with Crippen molar-refractivity contribution in [1.29, 1.82) is 0 Å². The zero-order valence-electron chi connectivity index (χ0n) is 18.2. The molecular formula is C16H23LiN5O12P. The van der Waals surface area contributed by atoms with Crippen molar-refractivity contribution < 1.29 is 77.5 Å². The molecule has 2 saturated heterocycles. The molecule has 0 aromatic carbocycles. The van der Waals surface area contributed by atoms with Crippen molar-refractivity contribution in [2.75, 3.05) is 18.9 Å². The maximum Gasteiger partial charge on any atom is 1.00 e. The molecule has 2 aliphatic heterocycles. The van der Waals surface area contributed by atoms with Gasteiger partial charge in [-0.2, -0.15) is 0 Å². The van der Waals surface area contributed by atoms with Gasteiger partial charge in [0.15, 0.2) is 24.0 Å². The fourth-order valence-corrected chi connectivity index (χ4v) is 4.45. The Bertz CT molecular complexity index is 1060. The molecule has 8 N–H and O–H groups in total. The van der Waals surface area contributed by atoms with Gasteiger partial charge in [-0.15, -0.1) is 0 Å². The summed E-state index contributed by atoms with van der Waals surface area (Å²) >= 11 is 0. The molecule has 0 amide bonds. The van der Waals surface area contributed by atoms with Crippen molar-refractivity contribution in [2.24, 2.45) is 0 Å². The van der Waals surface area contributed by atoms with Crippen LogP contribution >= 0.6 is 7.82 Å². The van der Waals surface area contributed by atoms with Gasteiger partial charge in [0.1, 0.15) is 54.6 Å². The van der Waals surface area contributed by atoms with E-state index >= 15 is 0 Å². The molecule has 0 spiro atoms.